The molecule has 1 aliphatic heterocycles. The molecule has 1 amide bonds. The van der Waals surface area contributed by atoms with Gasteiger partial charge in [-0.2, -0.15) is 13.2 Å². The van der Waals surface area contributed by atoms with Crippen LogP contribution in [0.15, 0.2) is 24.3 Å². The molecule has 2 fully saturated rings. The largest absolute Gasteiger partial charge is 0.490 e. The van der Waals surface area contributed by atoms with Crippen molar-refractivity contribution in [1.82, 2.24) is 4.90 Å². The average Bonchev–Trinajstić information content (AvgIpc) is 3.01. The van der Waals surface area contributed by atoms with Crippen molar-refractivity contribution in [3.8, 4) is 5.75 Å². The van der Waals surface area contributed by atoms with Gasteiger partial charge in [-0.05, 0) is 37.5 Å². The maximum Gasteiger partial charge on any atom is 0.416 e. The minimum absolute atomic E-state index is 0.0240. The van der Waals surface area contributed by atoms with Crippen LogP contribution in [0.4, 0.5) is 13.2 Å². The van der Waals surface area contributed by atoms with Crippen LogP contribution in [0.3, 0.4) is 0 Å². The van der Waals surface area contributed by atoms with Crippen LogP contribution in [-0.4, -0.2) is 36.0 Å². The third kappa shape index (κ3) is 4.45. The van der Waals surface area contributed by atoms with Gasteiger partial charge in [0.05, 0.1) is 5.56 Å². The molecule has 7 heteroatoms. The van der Waals surface area contributed by atoms with Crippen molar-refractivity contribution in [2.75, 3.05) is 13.1 Å². The summed E-state index contributed by atoms with van der Waals surface area (Å²) in [5, 5.41) is 0. The molecule has 1 aliphatic carbocycles. The van der Waals surface area contributed by atoms with E-state index in [2.05, 4.69) is 0 Å². The fourth-order valence-corrected chi connectivity index (χ4v) is 3.63. The van der Waals surface area contributed by atoms with Crippen LogP contribution in [-0.2, 0) is 11.0 Å². The van der Waals surface area contributed by atoms with E-state index >= 15 is 0 Å². The van der Waals surface area contributed by atoms with Crippen LogP contribution in [0.2, 0.25) is 0 Å². The van der Waals surface area contributed by atoms with Gasteiger partial charge in [0, 0.05) is 37.9 Å². The van der Waals surface area contributed by atoms with E-state index < -0.39 is 11.7 Å². The van der Waals surface area contributed by atoms with Gasteiger partial charge in [0.15, 0.2) is 0 Å². The number of piperidine rings is 1. The molecule has 1 aromatic rings. The number of hydrogen-bond donors (Lipinski definition) is 1. The van der Waals surface area contributed by atoms with E-state index in [0.29, 0.717) is 25.9 Å². The van der Waals surface area contributed by atoms with Crippen molar-refractivity contribution in [2.24, 2.45) is 11.7 Å². The Morgan fingerprint density at radius 3 is 2.48 bits per heavy atom. The molecule has 0 bridgehead atoms. The highest BCUT2D eigenvalue weighted by atomic mass is 19.4. The standard InChI is InChI=1S/C18H23F3N2O2/c19-18(20,21)13-2-1-3-16(11-13)25-15-6-8-23(9-7-15)17(24)12-4-5-14(22)10-12/h1-3,11-12,14-15H,4-10,22H2. The van der Waals surface area contributed by atoms with Crippen molar-refractivity contribution in [3.63, 3.8) is 0 Å². The molecule has 1 saturated carbocycles. The Balaban J connectivity index is 1.52. The Morgan fingerprint density at radius 2 is 1.88 bits per heavy atom. The Morgan fingerprint density at radius 1 is 1.16 bits per heavy atom. The number of alkyl halides is 3. The summed E-state index contributed by atoms with van der Waals surface area (Å²) in [7, 11) is 0. The minimum atomic E-state index is -4.38. The summed E-state index contributed by atoms with van der Waals surface area (Å²) in [6.45, 7) is 1.16. The Labute approximate surface area is 145 Å². The lowest BCUT2D eigenvalue weighted by Crippen LogP contribution is -2.44. The zero-order valence-electron chi connectivity index (χ0n) is 14.0. The third-order valence-electron chi connectivity index (χ3n) is 5.04. The SMILES string of the molecule is NC1CCC(C(=O)N2CCC(Oc3cccc(C(F)(F)F)c3)CC2)C1. The first kappa shape index (κ1) is 18.0. The molecule has 0 aromatic heterocycles. The number of carbonyl (C=O) groups is 1. The van der Waals surface area contributed by atoms with Crippen molar-refractivity contribution in [2.45, 2.75) is 50.4 Å². The van der Waals surface area contributed by atoms with Gasteiger partial charge in [-0.1, -0.05) is 6.07 Å². The second-order valence-corrected chi connectivity index (χ2v) is 6.94. The van der Waals surface area contributed by atoms with E-state index in [1.54, 1.807) is 0 Å². The topological polar surface area (TPSA) is 55.6 Å². The summed E-state index contributed by atoms with van der Waals surface area (Å²) >= 11 is 0. The lowest BCUT2D eigenvalue weighted by Gasteiger charge is -2.33. The van der Waals surface area contributed by atoms with Crippen LogP contribution in [0.5, 0.6) is 5.75 Å². The third-order valence-corrected chi connectivity index (χ3v) is 5.04. The molecule has 4 nitrogen and oxygen atoms in total. The quantitative estimate of drug-likeness (QED) is 0.905. The first-order chi connectivity index (χ1) is 11.8. The molecule has 0 spiro atoms. The zero-order chi connectivity index (χ0) is 18.0. The molecule has 0 radical (unpaired) electrons. The molecular formula is C18H23F3N2O2. The number of halogens is 3. The fourth-order valence-electron chi connectivity index (χ4n) is 3.63. The first-order valence-electron chi connectivity index (χ1n) is 8.71. The minimum Gasteiger partial charge on any atom is -0.490 e. The van der Waals surface area contributed by atoms with E-state index in [1.165, 1.54) is 12.1 Å². The Bertz CT molecular complexity index is 613. The molecule has 3 rings (SSSR count). The highest BCUT2D eigenvalue weighted by Crippen LogP contribution is 2.32. The molecule has 1 saturated heterocycles. The van der Waals surface area contributed by atoms with E-state index in [4.69, 9.17) is 10.5 Å². The second-order valence-electron chi connectivity index (χ2n) is 6.94. The summed E-state index contributed by atoms with van der Waals surface area (Å²) in [6, 6.07) is 5.06. The van der Waals surface area contributed by atoms with Crippen molar-refractivity contribution in [1.29, 1.82) is 0 Å². The molecule has 2 unspecified atom stereocenters. The summed E-state index contributed by atoms with van der Waals surface area (Å²) in [6.07, 6.45) is -0.803. The molecular weight excluding hydrogens is 333 g/mol. The van der Waals surface area contributed by atoms with Gasteiger partial charge in [-0.15, -0.1) is 0 Å². The monoisotopic (exact) mass is 356 g/mol. The van der Waals surface area contributed by atoms with Gasteiger partial charge >= 0.3 is 6.18 Å². The number of benzene rings is 1. The number of rotatable bonds is 3. The number of hydrogen-bond acceptors (Lipinski definition) is 3. The molecule has 138 valence electrons. The summed E-state index contributed by atoms with van der Waals surface area (Å²) < 4.78 is 44.0. The molecule has 2 aliphatic rings. The van der Waals surface area contributed by atoms with E-state index in [1.807, 2.05) is 4.90 Å². The predicted molar refractivity (Wildman–Crippen MR) is 87.0 cm³/mol. The number of amides is 1. The van der Waals surface area contributed by atoms with Gasteiger partial charge < -0.3 is 15.4 Å². The highest BCUT2D eigenvalue weighted by Gasteiger charge is 2.34. The smallest absolute Gasteiger partial charge is 0.416 e. The molecule has 2 N–H and O–H groups in total. The normalized spacial score (nSPS) is 25.2. The number of nitrogens with zero attached hydrogens (tertiary/aromatic N) is 1. The maximum absolute atomic E-state index is 12.8. The summed E-state index contributed by atoms with van der Waals surface area (Å²) in [5.74, 6) is 0.405. The van der Waals surface area contributed by atoms with E-state index in [0.717, 1.165) is 31.4 Å². The van der Waals surface area contributed by atoms with Crippen molar-refractivity contribution >= 4 is 5.91 Å². The number of ether oxygens (including phenoxy) is 1. The zero-order valence-corrected chi connectivity index (χ0v) is 14.0. The summed E-state index contributed by atoms with van der Waals surface area (Å²) in [4.78, 5) is 14.3. The van der Waals surface area contributed by atoms with Crippen molar-refractivity contribution < 1.29 is 22.7 Å². The summed E-state index contributed by atoms with van der Waals surface area (Å²) in [5.41, 5.74) is 5.16. The first-order valence-corrected chi connectivity index (χ1v) is 8.71. The number of nitrogens with two attached hydrogens (primary N) is 1. The van der Waals surface area contributed by atoms with Gasteiger partial charge in [0.2, 0.25) is 5.91 Å². The molecule has 25 heavy (non-hydrogen) atoms. The van der Waals surface area contributed by atoms with Crippen LogP contribution in [0.25, 0.3) is 0 Å². The maximum atomic E-state index is 12.8. The van der Waals surface area contributed by atoms with Crippen LogP contribution < -0.4 is 10.5 Å². The lowest BCUT2D eigenvalue weighted by atomic mass is 10.0. The number of carbonyl (C=O) groups excluding carboxylic acids is 1. The van der Waals surface area contributed by atoms with Crippen LogP contribution >= 0.6 is 0 Å². The lowest BCUT2D eigenvalue weighted by molar-refractivity contribution is -0.138. The van der Waals surface area contributed by atoms with E-state index in [-0.39, 0.29) is 29.7 Å². The van der Waals surface area contributed by atoms with Crippen LogP contribution in [0.1, 0.15) is 37.7 Å². The fraction of sp³-hybridized carbons (Fsp3) is 0.611. The molecule has 2 atom stereocenters. The molecule has 1 aromatic carbocycles. The van der Waals surface area contributed by atoms with Gasteiger partial charge in [0.25, 0.3) is 0 Å². The van der Waals surface area contributed by atoms with Gasteiger partial charge in [-0.3, -0.25) is 4.79 Å². The predicted octanol–water partition coefficient (Wildman–Crippen LogP) is 3.20. The Kier molecular flexibility index (Phi) is 5.22. The highest BCUT2D eigenvalue weighted by molar-refractivity contribution is 5.79. The number of likely N-dealkylation sites (tertiary alicyclic amines) is 1. The van der Waals surface area contributed by atoms with Crippen LogP contribution in [0, 0.1) is 5.92 Å². The van der Waals surface area contributed by atoms with Gasteiger partial charge in [-0.25, -0.2) is 0 Å². The molecule has 1 heterocycles. The average molecular weight is 356 g/mol. The van der Waals surface area contributed by atoms with Crippen molar-refractivity contribution in [3.05, 3.63) is 29.8 Å². The second kappa shape index (κ2) is 7.23. The van der Waals surface area contributed by atoms with E-state index in [9.17, 15) is 18.0 Å². The van der Waals surface area contributed by atoms with Gasteiger partial charge in [0.1, 0.15) is 11.9 Å². The Hall–Kier alpha value is -1.76.